The summed E-state index contributed by atoms with van der Waals surface area (Å²) in [6, 6.07) is 8.60. The number of carbonyl (C=O) groups is 2. The van der Waals surface area contributed by atoms with Gasteiger partial charge in [0, 0.05) is 17.0 Å². The Bertz CT molecular complexity index is 930. The van der Waals surface area contributed by atoms with Crippen LogP contribution in [0.1, 0.15) is 29.3 Å². The molecule has 0 fully saturated rings. The Morgan fingerprint density at radius 3 is 2.54 bits per heavy atom. The molecule has 0 atom stereocenters. The molecule has 0 radical (unpaired) electrons. The highest BCUT2D eigenvalue weighted by Gasteiger charge is 2.33. The molecule has 0 aliphatic rings. The smallest absolute Gasteiger partial charge is 0.417 e. The summed E-state index contributed by atoms with van der Waals surface area (Å²) in [5, 5.41) is 14.9. The van der Waals surface area contributed by atoms with Gasteiger partial charge in [-0.2, -0.15) is 18.3 Å². The molecule has 0 aliphatic carbocycles. The maximum atomic E-state index is 12.8. The van der Waals surface area contributed by atoms with Gasteiger partial charge in [-0.3, -0.25) is 9.59 Å². The van der Waals surface area contributed by atoms with Crippen molar-refractivity contribution >= 4 is 34.8 Å². The van der Waals surface area contributed by atoms with Gasteiger partial charge in [0.05, 0.1) is 17.0 Å². The number of aromatic hydroxyl groups is 1. The molecular weight excluding hydrogens is 399 g/mol. The van der Waals surface area contributed by atoms with Gasteiger partial charge in [-0.15, -0.1) is 0 Å². The Balaban J connectivity index is 1.97. The van der Waals surface area contributed by atoms with Crippen LogP contribution in [0.4, 0.5) is 18.9 Å². The molecular formula is C18H15ClF3N3O3. The standard InChI is InChI=1S/C18H15ClF3N3O3/c1-10(24-25-17(28)11-3-2-4-13(26)8-11)7-16(27)23-12-5-6-15(19)14(9-12)18(20,21)22/h2-6,8-9,26H,7H2,1H3,(H,23,27)(H,25,28)/b24-10+. The molecule has 0 spiro atoms. The van der Waals surface area contributed by atoms with E-state index in [1.165, 1.54) is 37.3 Å². The molecule has 0 saturated heterocycles. The highest BCUT2D eigenvalue weighted by molar-refractivity contribution is 6.31. The summed E-state index contributed by atoms with van der Waals surface area (Å²) >= 11 is 5.53. The molecule has 0 aromatic heterocycles. The molecule has 0 heterocycles. The molecule has 10 heteroatoms. The van der Waals surface area contributed by atoms with Gasteiger partial charge in [0.25, 0.3) is 5.91 Å². The lowest BCUT2D eigenvalue weighted by Crippen LogP contribution is -2.21. The van der Waals surface area contributed by atoms with E-state index in [2.05, 4.69) is 15.8 Å². The van der Waals surface area contributed by atoms with E-state index in [0.717, 1.165) is 12.1 Å². The molecule has 148 valence electrons. The predicted octanol–water partition coefficient (Wildman–Crippen LogP) is 4.20. The monoisotopic (exact) mass is 413 g/mol. The zero-order chi connectivity index (χ0) is 20.9. The Morgan fingerprint density at radius 2 is 1.89 bits per heavy atom. The van der Waals surface area contributed by atoms with E-state index in [4.69, 9.17) is 11.6 Å². The van der Waals surface area contributed by atoms with Crippen molar-refractivity contribution in [3.63, 3.8) is 0 Å². The van der Waals surface area contributed by atoms with Crippen molar-refractivity contribution in [3.8, 4) is 5.75 Å². The Hall–Kier alpha value is -3.07. The highest BCUT2D eigenvalue weighted by atomic mass is 35.5. The first-order valence-corrected chi connectivity index (χ1v) is 8.23. The molecule has 28 heavy (non-hydrogen) atoms. The number of amides is 2. The minimum absolute atomic E-state index is 0.0710. The summed E-state index contributed by atoms with van der Waals surface area (Å²) in [5.74, 6) is -1.31. The van der Waals surface area contributed by atoms with Crippen LogP contribution in [0.3, 0.4) is 0 Å². The Kier molecular flexibility index (Phi) is 6.63. The van der Waals surface area contributed by atoms with E-state index in [9.17, 15) is 27.9 Å². The van der Waals surface area contributed by atoms with Crippen molar-refractivity contribution in [2.75, 3.05) is 5.32 Å². The number of alkyl halides is 3. The highest BCUT2D eigenvalue weighted by Crippen LogP contribution is 2.36. The number of benzene rings is 2. The zero-order valence-electron chi connectivity index (χ0n) is 14.5. The van der Waals surface area contributed by atoms with Crippen LogP contribution in [0, 0.1) is 0 Å². The molecule has 3 N–H and O–H groups in total. The normalized spacial score (nSPS) is 11.8. The minimum Gasteiger partial charge on any atom is -0.508 e. The number of phenolic OH excluding ortho intramolecular Hbond substituents is 1. The molecule has 6 nitrogen and oxygen atoms in total. The van der Waals surface area contributed by atoms with E-state index >= 15 is 0 Å². The van der Waals surface area contributed by atoms with Gasteiger partial charge in [-0.25, -0.2) is 5.43 Å². The van der Waals surface area contributed by atoms with Crippen molar-refractivity contribution < 1.29 is 27.9 Å². The zero-order valence-corrected chi connectivity index (χ0v) is 15.2. The fraction of sp³-hybridized carbons (Fsp3) is 0.167. The van der Waals surface area contributed by atoms with Crippen LogP contribution in [-0.4, -0.2) is 22.6 Å². The third-order valence-electron chi connectivity index (χ3n) is 3.43. The van der Waals surface area contributed by atoms with Gasteiger partial charge in [0.15, 0.2) is 0 Å². The first kappa shape index (κ1) is 21.2. The largest absolute Gasteiger partial charge is 0.508 e. The summed E-state index contributed by atoms with van der Waals surface area (Å²) in [6.07, 6.45) is -4.91. The number of hydrogen-bond acceptors (Lipinski definition) is 4. The van der Waals surface area contributed by atoms with Crippen LogP contribution >= 0.6 is 11.6 Å². The predicted molar refractivity (Wildman–Crippen MR) is 98.4 cm³/mol. The van der Waals surface area contributed by atoms with Crippen molar-refractivity contribution in [1.82, 2.24) is 5.43 Å². The van der Waals surface area contributed by atoms with Crippen LogP contribution in [0.5, 0.6) is 5.75 Å². The lowest BCUT2D eigenvalue weighted by atomic mass is 10.2. The number of halogens is 4. The second kappa shape index (κ2) is 8.75. The molecule has 2 amide bonds. The number of phenols is 1. The van der Waals surface area contributed by atoms with Gasteiger partial charge >= 0.3 is 6.18 Å². The maximum absolute atomic E-state index is 12.8. The molecule has 2 aromatic rings. The average Bonchev–Trinajstić information content (AvgIpc) is 2.60. The summed E-state index contributed by atoms with van der Waals surface area (Å²) in [5.41, 5.74) is 1.48. The first-order chi connectivity index (χ1) is 13.1. The number of carbonyl (C=O) groups excluding carboxylic acids is 2. The van der Waals surface area contributed by atoms with Gasteiger partial charge < -0.3 is 10.4 Å². The number of rotatable bonds is 5. The summed E-state index contributed by atoms with van der Waals surface area (Å²) in [4.78, 5) is 23.9. The summed E-state index contributed by atoms with van der Waals surface area (Å²) < 4.78 is 38.5. The van der Waals surface area contributed by atoms with E-state index in [0.29, 0.717) is 0 Å². The van der Waals surface area contributed by atoms with E-state index in [-0.39, 0.29) is 29.1 Å². The van der Waals surface area contributed by atoms with E-state index in [1.54, 1.807) is 0 Å². The van der Waals surface area contributed by atoms with Crippen LogP contribution in [0.15, 0.2) is 47.6 Å². The van der Waals surface area contributed by atoms with Crippen LogP contribution in [0.25, 0.3) is 0 Å². The lowest BCUT2D eigenvalue weighted by molar-refractivity contribution is -0.137. The Labute approximate surface area is 163 Å². The van der Waals surface area contributed by atoms with Crippen LogP contribution in [-0.2, 0) is 11.0 Å². The van der Waals surface area contributed by atoms with Gasteiger partial charge in [0.1, 0.15) is 5.75 Å². The molecule has 2 rings (SSSR count). The van der Waals surface area contributed by atoms with Gasteiger partial charge in [-0.05, 0) is 43.3 Å². The number of hydrogen-bond donors (Lipinski definition) is 3. The number of nitrogens with zero attached hydrogens (tertiary/aromatic N) is 1. The molecule has 0 bridgehead atoms. The SMILES string of the molecule is C/C(CC(=O)Nc1ccc(Cl)c(C(F)(F)F)c1)=N\NC(=O)c1cccc(O)c1. The second-order valence-corrected chi connectivity index (χ2v) is 6.16. The third kappa shape index (κ3) is 5.98. The lowest BCUT2D eigenvalue weighted by Gasteiger charge is -2.11. The van der Waals surface area contributed by atoms with Crippen LogP contribution < -0.4 is 10.7 Å². The van der Waals surface area contributed by atoms with Gasteiger partial charge in [-0.1, -0.05) is 17.7 Å². The molecule has 2 aromatic carbocycles. The fourth-order valence-corrected chi connectivity index (χ4v) is 2.38. The first-order valence-electron chi connectivity index (χ1n) is 7.85. The fourth-order valence-electron chi connectivity index (χ4n) is 2.16. The maximum Gasteiger partial charge on any atom is 0.417 e. The van der Waals surface area contributed by atoms with Crippen molar-refractivity contribution in [2.45, 2.75) is 19.5 Å². The molecule has 0 aliphatic heterocycles. The Morgan fingerprint density at radius 1 is 1.18 bits per heavy atom. The average molecular weight is 414 g/mol. The summed E-state index contributed by atoms with van der Waals surface area (Å²) in [6.45, 7) is 1.46. The van der Waals surface area contributed by atoms with Crippen molar-refractivity contribution in [2.24, 2.45) is 5.10 Å². The number of hydrazone groups is 1. The number of nitrogens with one attached hydrogen (secondary N) is 2. The van der Waals surface area contributed by atoms with E-state index < -0.39 is 28.6 Å². The second-order valence-electron chi connectivity index (χ2n) is 5.76. The number of anilines is 1. The van der Waals surface area contributed by atoms with E-state index in [1.807, 2.05) is 0 Å². The minimum atomic E-state index is -4.65. The molecule has 0 unspecified atom stereocenters. The third-order valence-corrected chi connectivity index (χ3v) is 3.76. The quantitative estimate of drug-likeness (QED) is 0.507. The molecule has 0 saturated carbocycles. The van der Waals surface area contributed by atoms with Crippen molar-refractivity contribution in [1.29, 1.82) is 0 Å². The van der Waals surface area contributed by atoms with Crippen LogP contribution in [0.2, 0.25) is 5.02 Å². The van der Waals surface area contributed by atoms with Crippen molar-refractivity contribution in [3.05, 3.63) is 58.6 Å². The van der Waals surface area contributed by atoms with Gasteiger partial charge in [0.2, 0.25) is 5.91 Å². The topological polar surface area (TPSA) is 90.8 Å². The summed E-state index contributed by atoms with van der Waals surface area (Å²) in [7, 11) is 0.